The lowest BCUT2D eigenvalue weighted by Crippen LogP contribution is -2.72. The first-order valence-corrected chi connectivity index (χ1v) is 24.6. The van der Waals surface area contributed by atoms with Crippen LogP contribution in [0.15, 0.2) is 213 Å². The van der Waals surface area contributed by atoms with E-state index in [2.05, 4.69) is 245 Å². The average molecular weight is 836 g/mol. The van der Waals surface area contributed by atoms with Crippen LogP contribution in [0.2, 0.25) is 0 Å². The van der Waals surface area contributed by atoms with Crippen LogP contribution in [-0.4, -0.2) is 8.07 Å². The first kappa shape index (κ1) is 38.4. The molecule has 0 saturated heterocycles. The number of fused-ring (bicyclic) bond motifs is 9. The van der Waals surface area contributed by atoms with Gasteiger partial charge in [-0.3, -0.25) is 0 Å². The second-order valence-electron chi connectivity index (χ2n) is 18.9. The number of hydrogen-bond donors (Lipinski definition) is 0. The number of anilines is 3. The standard InChI is InChI=1S/C62H49NSi/c1-6-41-36-43(38-48(37-41)64(47-18-8-7-9-19-47)59-26-16-12-22-53(59)54-23-13-17-27-60(54)64)42-28-30-44(31-29-42)63(45-32-34-51-49-20-10-14-24-55(49)61(2,3)57(51)39-45)46-33-35-52-50-21-11-15-25-56(50)62(4,5)58(52)40-46/h6-40H,1H2,2-5H3. The van der Waals surface area contributed by atoms with Crippen LogP contribution in [-0.2, 0) is 10.8 Å². The molecule has 9 aromatic rings. The lowest BCUT2D eigenvalue weighted by atomic mass is 9.82. The summed E-state index contributed by atoms with van der Waals surface area (Å²) in [6.07, 6.45) is 2.02. The molecule has 0 fully saturated rings. The first-order valence-electron chi connectivity index (χ1n) is 22.6. The maximum absolute atomic E-state index is 4.33. The van der Waals surface area contributed by atoms with Crippen LogP contribution in [0.25, 0.3) is 50.6 Å². The summed E-state index contributed by atoms with van der Waals surface area (Å²) in [6, 6.07) is 78.0. The van der Waals surface area contributed by atoms with Gasteiger partial charge in [-0.1, -0.05) is 204 Å². The fourth-order valence-electron chi connectivity index (χ4n) is 11.8. The van der Waals surface area contributed by atoms with Crippen LogP contribution in [0.5, 0.6) is 0 Å². The summed E-state index contributed by atoms with van der Waals surface area (Å²) in [4.78, 5) is 2.47. The largest absolute Gasteiger partial charge is 0.310 e. The van der Waals surface area contributed by atoms with E-state index in [0.717, 1.165) is 22.6 Å². The van der Waals surface area contributed by atoms with Gasteiger partial charge < -0.3 is 4.90 Å². The second kappa shape index (κ2) is 14.1. The van der Waals surface area contributed by atoms with Crippen LogP contribution in [0.4, 0.5) is 17.1 Å². The molecule has 9 aromatic carbocycles. The SMILES string of the molecule is C=Cc1cc(-c2ccc(N(c3ccc4c(c3)C(C)(C)c3ccccc3-4)c3ccc4c(c3)C(C)(C)c3ccccc3-4)cc2)cc([Si]2(c3ccccc3)c3ccccc3-c3ccccc32)c1. The summed E-state index contributed by atoms with van der Waals surface area (Å²) in [5.41, 5.74) is 20.2. The van der Waals surface area contributed by atoms with Crippen LogP contribution >= 0.6 is 0 Å². The van der Waals surface area contributed by atoms with Gasteiger partial charge in [0.2, 0.25) is 0 Å². The quantitative estimate of drug-likeness (QED) is 0.145. The molecule has 1 heterocycles. The highest BCUT2D eigenvalue weighted by Gasteiger charge is 2.48. The third-order valence-corrected chi connectivity index (χ3v) is 19.7. The van der Waals surface area contributed by atoms with Gasteiger partial charge in [0.15, 0.2) is 8.07 Å². The molecule has 0 aromatic heterocycles. The molecule has 64 heavy (non-hydrogen) atoms. The van der Waals surface area contributed by atoms with E-state index in [4.69, 9.17) is 0 Å². The highest BCUT2D eigenvalue weighted by Crippen LogP contribution is 2.53. The summed E-state index contributed by atoms with van der Waals surface area (Å²) >= 11 is 0. The van der Waals surface area contributed by atoms with E-state index >= 15 is 0 Å². The van der Waals surface area contributed by atoms with Gasteiger partial charge in [0.1, 0.15) is 0 Å². The zero-order chi connectivity index (χ0) is 43.4. The molecule has 0 atom stereocenters. The van der Waals surface area contributed by atoms with Crippen molar-refractivity contribution in [2.24, 2.45) is 0 Å². The molecule has 306 valence electrons. The number of nitrogens with zero attached hydrogens (tertiary/aromatic N) is 1. The molecule has 0 N–H and O–H groups in total. The molecule has 0 radical (unpaired) electrons. The van der Waals surface area contributed by atoms with E-state index in [9.17, 15) is 0 Å². The van der Waals surface area contributed by atoms with E-state index in [1.807, 2.05) is 6.08 Å². The maximum atomic E-state index is 4.33. The van der Waals surface area contributed by atoms with Crippen molar-refractivity contribution in [3.8, 4) is 44.5 Å². The Morgan fingerprint density at radius 3 is 1.36 bits per heavy atom. The minimum absolute atomic E-state index is 0.117. The number of benzene rings is 9. The molecular formula is C62H49NSi. The van der Waals surface area contributed by atoms with Crippen LogP contribution in [0.1, 0.15) is 55.5 Å². The van der Waals surface area contributed by atoms with Crippen molar-refractivity contribution in [2.75, 3.05) is 4.90 Å². The lowest BCUT2D eigenvalue weighted by molar-refractivity contribution is 0.660. The first-order chi connectivity index (χ1) is 31.2. The van der Waals surface area contributed by atoms with Gasteiger partial charge >= 0.3 is 0 Å². The summed E-state index contributed by atoms with van der Waals surface area (Å²) in [5.74, 6) is 0. The number of rotatable bonds is 7. The minimum atomic E-state index is -2.70. The van der Waals surface area contributed by atoms with E-state index in [1.165, 1.54) is 87.5 Å². The third-order valence-electron chi connectivity index (χ3n) is 14.9. The topological polar surface area (TPSA) is 3.24 Å². The minimum Gasteiger partial charge on any atom is -0.310 e. The Labute approximate surface area is 378 Å². The molecule has 0 amide bonds. The molecule has 2 aliphatic carbocycles. The zero-order valence-corrected chi connectivity index (χ0v) is 37.9. The van der Waals surface area contributed by atoms with E-state index in [1.54, 1.807) is 0 Å². The molecule has 0 bridgehead atoms. The molecule has 0 unspecified atom stereocenters. The molecule has 0 saturated carbocycles. The summed E-state index contributed by atoms with van der Waals surface area (Å²) in [5, 5.41) is 5.66. The van der Waals surface area contributed by atoms with Crippen molar-refractivity contribution in [3.63, 3.8) is 0 Å². The summed E-state index contributed by atoms with van der Waals surface area (Å²) < 4.78 is 0. The van der Waals surface area contributed by atoms with Gasteiger partial charge in [-0.05, 0) is 136 Å². The van der Waals surface area contributed by atoms with Crippen molar-refractivity contribution in [1.29, 1.82) is 0 Å². The highest BCUT2D eigenvalue weighted by molar-refractivity contribution is 7.22. The van der Waals surface area contributed by atoms with E-state index in [-0.39, 0.29) is 10.8 Å². The number of hydrogen-bond acceptors (Lipinski definition) is 1. The fourth-order valence-corrected chi connectivity index (χ4v) is 17.0. The monoisotopic (exact) mass is 835 g/mol. The van der Waals surface area contributed by atoms with E-state index < -0.39 is 8.07 Å². The van der Waals surface area contributed by atoms with Crippen molar-refractivity contribution in [3.05, 3.63) is 241 Å². The summed E-state index contributed by atoms with van der Waals surface area (Å²) in [6.45, 7) is 13.8. The van der Waals surface area contributed by atoms with Crippen LogP contribution < -0.4 is 25.6 Å². The maximum Gasteiger partial charge on any atom is 0.180 e. The lowest BCUT2D eigenvalue weighted by Gasteiger charge is -2.32. The molecule has 0 spiro atoms. The van der Waals surface area contributed by atoms with Gasteiger partial charge in [0.05, 0.1) is 0 Å². The predicted molar refractivity (Wildman–Crippen MR) is 274 cm³/mol. The molecule has 2 heteroatoms. The Morgan fingerprint density at radius 2 is 0.828 bits per heavy atom. The smallest absolute Gasteiger partial charge is 0.180 e. The molecule has 1 aliphatic heterocycles. The van der Waals surface area contributed by atoms with Crippen molar-refractivity contribution in [1.82, 2.24) is 0 Å². The van der Waals surface area contributed by atoms with Crippen molar-refractivity contribution in [2.45, 2.75) is 38.5 Å². The van der Waals surface area contributed by atoms with Crippen LogP contribution in [0.3, 0.4) is 0 Å². The van der Waals surface area contributed by atoms with Crippen molar-refractivity contribution >= 4 is 52.0 Å². The van der Waals surface area contributed by atoms with Crippen LogP contribution in [0, 0.1) is 0 Å². The third kappa shape index (κ3) is 5.42. The van der Waals surface area contributed by atoms with Gasteiger partial charge in [-0.15, -0.1) is 0 Å². The van der Waals surface area contributed by atoms with Gasteiger partial charge in [-0.25, -0.2) is 0 Å². The summed E-state index contributed by atoms with van der Waals surface area (Å²) in [7, 11) is -2.70. The Balaban J connectivity index is 1.02. The fraction of sp³-hybridized carbons (Fsp3) is 0.0968. The molecule has 12 rings (SSSR count). The Bertz CT molecular complexity index is 3200. The van der Waals surface area contributed by atoms with Crippen molar-refractivity contribution < 1.29 is 0 Å². The molecular weight excluding hydrogens is 787 g/mol. The average Bonchev–Trinajstić information content (AvgIpc) is 3.87. The second-order valence-corrected chi connectivity index (χ2v) is 22.7. The Kier molecular flexibility index (Phi) is 8.48. The highest BCUT2D eigenvalue weighted by atomic mass is 28.3. The molecule has 1 nitrogen and oxygen atoms in total. The van der Waals surface area contributed by atoms with Gasteiger partial charge in [0, 0.05) is 27.9 Å². The Hall–Kier alpha value is -7.26. The molecule has 3 aliphatic rings. The predicted octanol–water partition coefficient (Wildman–Crippen LogP) is 13.4. The van der Waals surface area contributed by atoms with E-state index in [0.29, 0.717) is 0 Å². The van der Waals surface area contributed by atoms with Gasteiger partial charge in [-0.2, -0.15) is 0 Å². The normalized spacial score (nSPS) is 15.0. The zero-order valence-electron chi connectivity index (χ0n) is 36.9. The Morgan fingerprint density at radius 1 is 0.375 bits per heavy atom. The van der Waals surface area contributed by atoms with Gasteiger partial charge in [0.25, 0.3) is 0 Å².